The number of sulfone groups is 1. The summed E-state index contributed by atoms with van der Waals surface area (Å²) in [5, 5.41) is 0. The van der Waals surface area contributed by atoms with Gasteiger partial charge in [0.1, 0.15) is 0 Å². The van der Waals surface area contributed by atoms with Gasteiger partial charge in [0, 0.05) is 6.26 Å². The highest BCUT2D eigenvalue weighted by Gasteiger charge is 2.40. The average Bonchev–Trinajstić information content (AvgIpc) is 1.62. The van der Waals surface area contributed by atoms with E-state index < -0.39 is 17.8 Å². The third kappa shape index (κ3) is 2.06. The summed E-state index contributed by atoms with van der Waals surface area (Å²) in [6.07, 6.45) is 0.924. The summed E-state index contributed by atoms with van der Waals surface area (Å²) in [6, 6.07) is 0. The zero-order valence-corrected chi connectivity index (χ0v) is 9.12. The SMILES string of the molecule is CC(=O)[C@](Cl)(I)S(C)(=O)=O. The highest BCUT2D eigenvalue weighted by molar-refractivity contribution is 14.1. The minimum absolute atomic E-state index is 0.572. The van der Waals surface area contributed by atoms with Crippen molar-refractivity contribution in [3.05, 3.63) is 0 Å². The number of rotatable bonds is 2. The van der Waals surface area contributed by atoms with Crippen LogP contribution in [0.2, 0.25) is 0 Å². The van der Waals surface area contributed by atoms with Gasteiger partial charge in [0.15, 0.2) is 15.6 Å². The molecule has 0 rings (SSSR count). The van der Waals surface area contributed by atoms with Gasteiger partial charge >= 0.3 is 0 Å². The van der Waals surface area contributed by atoms with Crippen LogP contribution < -0.4 is 0 Å². The Kier molecular flexibility index (Phi) is 3.13. The third-order valence-electron chi connectivity index (χ3n) is 0.876. The van der Waals surface area contributed by atoms with Crippen LogP contribution in [0.3, 0.4) is 0 Å². The summed E-state index contributed by atoms with van der Waals surface area (Å²) in [7, 11) is -3.50. The lowest BCUT2D eigenvalue weighted by Gasteiger charge is -2.12. The molecule has 0 saturated heterocycles. The Morgan fingerprint density at radius 3 is 1.90 bits per heavy atom. The quantitative estimate of drug-likeness (QED) is 0.563. The molecule has 0 aromatic heterocycles. The predicted octanol–water partition coefficient (Wildman–Crippen LogP) is 0.948. The van der Waals surface area contributed by atoms with E-state index in [0.717, 1.165) is 13.2 Å². The molecule has 60 valence electrons. The fourth-order valence-electron chi connectivity index (χ4n) is 0.261. The number of halogens is 2. The maximum Gasteiger partial charge on any atom is 0.252 e. The minimum Gasteiger partial charge on any atom is -0.296 e. The highest BCUT2D eigenvalue weighted by Crippen LogP contribution is 2.31. The molecular weight excluding hydrogens is 290 g/mol. The van der Waals surface area contributed by atoms with E-state index in [-0.39, 0.29) is 0 Å². The minimum atomic E-state index is -3.50. The second-order valence-electron chi connectivity index (χ2n) is 1.85. The van der Waals surface area contributed by atoms with Gasteiger partial charge in [0.25, 0.3) is 2.21 Å². The monoisotopic (exact) mass is 296 g/mol. The van der Waals surface area contributed by atoms with Crippen molar-refractivity contribution in [1.82, 2.24) is 0 Å². The number of hydrogen-bond donors (Lipinski definition) is 0. The maximum absolute atomic E-state index is 10.7. The van der Waals surface area contributed by atoms with Gasteiger partial charge in [-0.1, -0.05) is 11.6 Å². The van der Waals surface area contributed by atoms with Crippen LogP contribution in [0.4, 0.5) is 0 Å². The smallest absolute Gasteiger partial charge is 0.252 e. The van der Waals surface area contributed by atoms with Gasteiger partial charge in [-0.25, -0.2) is 8.42 Å². The van der Waals surface area contributed by atoms with Crippen molar-refractivity contribution < 1.29 is 13.2 Å². The van der Waals surface area contributed by atoms with Crippen molar-refractivity contribution in [2.45, 2.75) is 9.14 Å². The Morgan fingerprint density at radius 2 is 1.90 bits per heavy atom. The summed E-state index contributed by atoms with van der Waals surface area (Å²) in [5.41, 5.74) is 0. The van der Waals surface area contributed by atoms with E-state index in [4.69, 9.17) is 11.6 Å². The van der Waals surface area contributed by atoms with Crippen LogP contribution in [0.15, 0.2) is 0 Å². The largest absolute Gasteiger partial charge is 0.296 e. The zero-order valence-electron chi connectivity index (χ0n) is 5.39. The lowest BCUT2D eigenvalue weighted by Crippen LogP contribution is -2.31. The summed E-state index contributed by atoms with van der Waals surface area (Å²) in [5.74, 6) is -0.572. The van der Waals surface area contributed by atoms with E-state index in [2.05, 4.69) is 0 Å². The number of carbonyl (C=O) groups excluding carboxylic acids is 1. The van der Waals surface area contributed by atoms with Gasteiger partial charge < -0.3 is 0 Å². The van der Waals surface area contributed by atoms with Crippen molar-refractivity contribution in [1.29, 1.82) is 0 Å². The average molecular weight is 297 g/mol. The third-order valence-corrected chi connectivity index (χ3v) is 6.36. The lowest BCUT2D eigenvalue weighted by molar-refractivity contribution is -0.115. The van der Waals surface area contributed by atoms with Crippen molar-refractivity contribution in [2.24, 2.45) is 0 Å². The van der Waals surface area contributed by atoms with Crippen LogP contribution in [0.1, 0.15) is 6.92 Å². The molecule has 0 aromatic carbocycles. The second kappa shape index (κ2) is 2.94. The van der Waals surface area contributed by atoms with Crippen molar-refractivity contribution in [3.63, 3.8) is 0 Å². The van der Waals surface area contributed by atoms with E-state index in [1.165, 1.54) is 22.6 Å². The van der Waals surface area contributed by atoms with Gasteiger partial charge in [-0.05, 0) is 29.5 Å². The number of carbonyl (C=O) groups is 1. The van der Waals surface area contributed by atoms with E-state index in [0.29, 0.717) is 0 Å². The van der Waals surface area contributed by atoms with Gasteiger partial charge in [0.05, 0.1) is 0 Å². The summed E-state index contributed by atoms with van der Waals surface area (Å²) < 4.78 is 19.7. The standard InChI is InChI=1S/C4H6ClIO3S/c1-3(7)4(5,6)10(2,8)9/h1-2H3/t4-/m0/s1. The Hall–Kier alpha value is 0.640. The van der Waals surface area contributed by atoms with Gasteiger partial charge in [-0.2, -0.15) is 0 Å². The molecule has 0 spiro atoms. The van der Waals surface area contributed by atoms with Crippen molar-refractivity contribution in [3.8, 4) is 0 Å². The first-order valence-electron chi connectivity index (χ1n) is 2.28. The van der Waals surface area contributed by atoms with E-state index in [1.54, 1.807) is 0 Å². The molecule has 0 bridgehead atoms. The first-order chi connectivity index (χ1) is 4.19. The Morgan fingerprint density at radius 1 is 1.60 bits per heavy atom. The molecule has 0 N–H and O–H groups in total. The van der Waals surface area contributed by atoms with Crippen LogP contribution in [0.25, 0.3) is 0 Å². The van der Waals surface area contributed by atoms with Crippen LogP contribution in [0, 0.1) is 0 Å². The van der Waals surface area contributed by atoms with Gasteiger partial charge in [0.2, 0.25) is 0 Å². The van der Waals surface area contributed by atoms with Crippen molar-refractivity contribution in [2.75, 3.05) is 6.26 Å². The molecular formula is C4H6ClIO3S. The molecule has 3 nitrogen and oxygen atoms in total. The highest BCUT2D eigenvalue weighted by atomic mass is 127. The van der Waals surface area contributed by atoms with E-state index >= 15 is 0 Å². The van der Waals surface area contributed by atoms with Crippen LogP contribution >= 0.6 is 34.2 Å². The summed E-state index contributed by atoms with van der Waals surface area (Å²) in [4.78, 5) is 10.6. The number of Topliss-reactive ketones (excluding diaryl/α,β-unsaturated/α-hetero) is 1. The summed E-state index contributed by atoms with van der Waals surface area (Å²) in [6.45, 7) is 1.14. The number of ketones is 1. The molecule has 6 heteroatoms. The second-order valence-corrected chi connectivity index (χ2v) is 7.78. The van der Waals surface area contributed by atoms with Crippen LogP contribution in [-0.4, -0.2) is 22.7 Å². The number of alkyl halides is 2. The molecule has 0 unspecified atom stereocenters. The fraction of sp³-hybridized carbons (Fsp3) is 0.750. The molecule has 0 aliphatic rings. The van der Waals surface area contributed by atoms with Crippen molar-refractivity contribution >= 4 is 49.8 Å². The first kappa shape index (κ1) is 10.6. The molecule has 0 fully saturated rings. The number of hydrogen-bond acceptors (Lipinski definition) is 3. The Labute approximate surface area is 78.2 Å². The molecule has 0 saturated carbocycles. The Balaban J connectivity index is 4.95. The molecule has 1 atom stereocenters. The molecule has 0 amide bonds. The molecule has 0 aliphatic heterocycles. The molecule has 0 radical (unpaired) electrons. The Bertz CT molecular complexity index is 243. The van der Waals surface area contributed by atoms with E-state index in [1.807, 2.05) is 0 Å². The van der Waals surface area contributed by atoms with Crippen LogP contribution in [-0.2, 0) is 14.6 Å². The van der Waals surface area contributed by atoms with Gasteiger partial charge in [-0.3, -0.25) is 4.79 Å². The lowest BCUT2D eigenvalue weighted by atomic mass is 10.5. The topological polar surface area (TPSA) is 51.2 Å². The normalized spacial score (nSPS) is 18.0. The molecule has 0 heterocycles. The molecule has 10 heavy (non-hydrogen) atoms. The molecule has 0 aromatic rings. The maximum atomic E-state index is 10.7. The zero-order chi connectivity index (χ0) is 8.58. The summed E-state index contributed by atoms with van der Waals surface area (Å²) >= 11 is 6.80. The van der Waals surface area contributed by atoms with E-state index in [9.17, 15) is 13.2 Å². The van der Waals surface area contributed by atoms with Gasteiger partial charge in [-0.15, -0.1) is 0 Å². The first-order valence-corrected chi connectivity index (χ1v) is 5.63. The predicted molar refractivity (Wildman–Crippen MR) is 48.1 cm³/mol. The fourth-order valence-corrected chi connectivity index (χ4v) is 0.783. The molecule has 0 aliphatic carbocycles. The van der Waals surface area contributed by atoms with Crippen LogP contribution in [0.5, 0.6) is 0 Å².